The van der Waals surface area contributed by atoms with Gasteiger partial charge >= 0.3 is 11.8 Å². The first-order valence-electron chi connectivity index (χ1n) is 16.3. The first-order chi connectivity index (χ1) is 21.6. The summed E-state index contributed by atoms with van der Waals surface area (Å²) in [6.45, 7) is 11.8. The van der Waals surface area contributed by atoms with E-state index in [2.05, 4.69) is 60.5 Å². The number of benzene rings is 1. The van der Waals surface area contributed by atoms with Crippen LogP contribution in [0.25, 0.3) is 0 Å². The quantitative estimate of drug-likeness (QED) is 0.222. The molecule has 3 N–H and O–H groups in total. The summed E-state index contributed by atoms with van der Waals surface area (Å²) in [5.74, 6) is -0.723. The molecule has 2 aromatic rings. The molecule has 5 rings (SSSR count). The molecule has 246 valence electrons. The maximum atomic E-state index is 14.8. The number of aliphatic hydroxyl groups is 1. The summed E-state index contributed by atoms with van der Waals surface area (Å²) >= 11 is 0. The molecule has 3 heterocycles. The number of nitrogens with zero attached hydrogens (tertiary/aromatic N) is 2. The van der Waals surface area contributed by atoms with E-state index in [-0.39, 0.29) is 60.2 Å². The van der Waals surface area contributed by atoms with Crippen LogP contribution in [0.5, 0.6) is 0 Å². The maximum absolute atomic E-state index is 14.8. The summed E-state index contributed by atoms with van der Waals surface area (Å²) in [5.41, 5.74) is 7.34. The van der Waals surface area contributed by atoms with Gasteiger partial charge in [-0.1, -0.05) is 39.0 Å². The number of unbranched alkanes of at least 4 members (excludes halogenated alkanes) is 1. The minimum absolute atomic E-state index is 0.000786. The minimum atomic E-state index is -0.816. The SMILES string of the molecule is CCC1NN(c2ccccc2C)C(CCCCO)=C1C(=O)N(CC(C)C)C1CC12CNC[C@H](C(=O)OCc1oc(=O)oc1C)C2. The lowest BCUT2D eigenvalue weighted by Gasteiger charge is -2.34. The van der Waals surface area contributed by atoms with E-state index < -0.39 is 5.82 Å². The molecule has 1 spiro atoms. The maximum Gasteiger partial charge on any atom is 0.519 e. The molecule has 45 heavy (non-hydrogen) atoms. The third-order valence-corrected chi connectivity index (χ3v) is 9.41. The number of amides is 1. The van der Waals surface area contributed by atoms with Crippen LogP contribution in [0.2, 0.25) is 0 Å². The Hall–Kier alpha value is -3.41. The summed E-state index contributed by atoms with van der Waals surface area (Å²) < 4.78 is 15.4. The lowest BCUT2D eigenvalue weighted by molar-refractivity contribution is -0.152. The van der Waals surface area contributed by atoms with Gasteiger partial charge in [0.2, 0.25) is 0 Å². The smallest absolute Gasteiger partial charge is 0.457 e. The Morgan fingerprint density at radius 3 is 2.62 bits per heavy atom. The van der Waals surface area contributed by atoms with E-state index in [9.17, 15) is 19.5 Å². The summed E-state index contributed by atoms with van der Waals surface area (Å²) in [4.78, 5) is 41.3. The van der Waals surface area contributed by atoms with Crippen molar-refractivity contribution in [2.45, 2.75) is 91.8 Å². The number of hydrazine groups is 1. The van der Waals surface area contributed by atoms with E-state index in [4.69, 9.17) is 13.6 Å². The van der Waals surface area contributed by atoms with Crippen molar-refractivity contribution >= 4 is 17.6 Å². The number of carbonyl (C=O) groups excluding carboxylic acids is 2. The zero-order chi connectivity index (χ0) is 32.3. The number of para-hydroxylation sites is 1. The van der Waals surface area contributed by atoms with Crippen molar-refractivity contribution in [3.8, 4) is 0 Å². The summed E-state index contributed by atoms with van der Waals surface area (Å²) in [5, 5.41) is 15.1. The predicted octanol–water partition coefficient (Wildman–Crippen LogP) is 3.97. The molecule has 1 aromatic carbocycles. The van der Waals surface area contributed by atoms with Gasteiger partial charge in [0.1, 0.15) is 0 Å². The van der Waals surface area contributed by atoms with Crippen LogP contribution in [0.3, 0.4) is 0 Å². The highest BCUT2D eigenvalue weighted by atomic mass is 16.6. The second kappa shape index (κ2) is 13.9. The van der Waals surface area contributed by atoms with Crippen LogP contribution >= 0.6 is 0 Å². The Labute approximate surface area is 264 Å². The number of piperidine rings is 1. The molecular weight excluding hydrogens is 576 g/mol. The van der Waals surface area contributed by atoms with E-state index in [0.29, 0.717) is 38.1 Å². The fourth-order valence-electron chi connectivity index (χ4n) is 7.00. The van der Waals surface area contributed by atoms with Crippen molar-refractivity contribution in [1.82, 2.24) is 15.6 Å². The van der Waals surface area contributed by atoms with Crippen molar-refractivity contribution in [2.75, 3.05) is 31.3 Å². The molecule has 2 aliphatic heterocycles. The topological polar surface area (TPSA) is 137 Å². The molecule has 4 atom stereocenters. The third-order valence-electron chi connectivity index (χ3n) is 9.41. The molecule has 11 heteroatoms. The van der Waals surface area contributed by atoms with Crippen LogP contribution in [0, 0.1) is 31.1 Å². The second-order valence-corrected chi connectivity index (χ2v) is 13.3. The number of aryl methyl sites for hydroxylation is 2. The van der Waals surface area contributed by atoms with Crippen molar-refractivity contribution in [3.63, 3.8) is 0 Å². The van der Waals surface area contributed by atoms with E-state index in [1.807, 2.05) is 12.1 Å². The number of ether oxygens (including phenoxy) is 1. The normalized spacial score (nSPS) is 24.5. The zero-order valence-corrected chi connectivity index (χ0v) is 27.2. The van der Waals surface area contributed by atoms with Gasteiger partial charge in [0.05, 0.1) is 23.2 Å². The Morgan fingerprint density at radius 1 is 1.18 bits per heavy atom. The Bertz CT molecular complexity index is 1460. The summed E-state index contributed by atoms with van der Waals surface area (Å²) in [7, 11) is 0. The molecule has 3 aliphatic rings. The number of allylic oxidation sites excluding steroid dienone is 1. The highest BCUT2D eigenvalue weighted by molar-refractivity contribution is 5.97. The van der Waals surface area contributed by atoms with Gasteiger partial charge in [-0.05, 0) is 69.9 Å². The lowest BCUT2D eigenvalue weighted by Crippen LogP contribution is -2.47. The highest BCUT2D eigenvalue weighted by Crippen LogP contribution is 2.55. The molecule has 2 fully saturated rings. The monoisotopic (exact) mass is 624 g/mol. The van der Waals surface area contributed by atoms with Gasteiger partial charge in [-0.25, -0.2) is 10.2 Å². The van der Waals surface area contributed by atoms with Gasteiger partial charge in [0.15, 0.2) is 18.1 Å². The van der Waals surface area contributed by atoms with Crippen LogP contribution in [0.4, 0.5) is 5.69 Å². The Balaban J connectivity index is 1.38. The van der Waals surface area contributed by atoms with Crippen LogP contribution < -0.4 is 21.6 Å². The van der Waals surface area contributed by atoms with Crippen LogP contribution in [0.15, 0.2) is 49.2 Å². The molecule has 1 aromatic heterocycles. The van der Waals surface area contributed by atoms with Crippen LogP contribution in [-0.4, -0.2) is 60.2 Å². The van der Waals surface area contributed by atoms with Gasteiger partial charge in [-0.3, -0.25) is 14.6 Å². The van der Waals surface area contributed by atoms with Gasteiger partial charge in [0, 0.05) is 43.4 Å². The number of esters is 1. The van der Waals surface area contributed by atoms with Gasteiger partial charge in [0.25, 0.3) is 5.91 Å². The van der Waals surface area contributed by atoms with E-state index in [1.165, 1.54) is 0 Å². The molecule has 1 saturated carbocycles. The Morgan fingerprint density at radius 2 is 1.96 bits per heavy atom. The predicted molar refractivity (Wildman–Crippen MR) is 169 cm³/mol. The summed E-state index contributed by atoms with van der Waals surface area (Å²) in [6.07, 6.45) is 4.31. The molecular formula is C34H48N4O7. The van der Waals surface area contributed by atoms with Gasteiger partial charge in [-0.2, -0.15) is 0 Å². The van der Waals surface area contributed by atoms with Crippen LogP contribution in [0.1, 0.15) is 76.4 Å². The number of carbonyl (C=O) groups is 2. The molecule has 1 aliphatic carbocycles. The van der Waals surface area contributed by atoms with E-state index in [1.54, 1.807) is 6.92 Å². The number of aliphatic hydroxyl groups excluding tert-OH is 1. The minimum Gasteiger partial charge on any atom is -0.457 e. The lowest BCUT2D eigenvalue weighted by atomic mass is 9.86. The zero-order valence-electron chi connectivity index (χ0n) is 27.2. The molecule has 11 nitrogen and oxygen atoms in total. The fraction of sp³-hybridized carbons (Fsp3) is 0.618. The molecule has 1 amide bonds. The first kappa shape index (κ1) is 33.0. The van der Waals surface area contributed by atoms with Crippen molar-refractivity contribution in [3.05, 3.63) is 63.2 Å². The molecule has 1 saturated heterocycles. The first-order valence-corrected chi connectivity index (χ1v) is 16.3. The highest BCUT2D eigenvalue weighted by Gasteiger charge is 2.61. The van der Waals surface area contributed by atoms with Crippen molar-refractivity contribution in [2.24, 2.45) is 17.3 Å². The van der Waals surface area contributed by atoms with Crippen molar-refractivity contribution < 1.29 is 28.3 Å². The number of hydrogen-bond acceptors (Lipinski definition) is 10. The average Bonchev–Trinajstić information content (AvgIpc) is 3.38. The molecule has 3 unspecified atom stereocenters. The van der Waals surface area contributed by atoms with E-state index >= 15 is 0 Å². The number of hydrogen-bond donors (Lipinski definition) is 3. The fourth-order valence-corrected chi connectivity index (χ4v) is 7.00. The molecule has 0 bridgehead atoms. The van der Waals surface area contributed by atoms with Crippen molar-refractivity contribution in [1.29, 1.82) is 0 Å². The van der Waals surface area contributed by atoms with Gasteiger partial charge in [-0.15, -0.1) is 0 Å². The number of anilines is 1. The van der Waals surface area contributed by atoms with Crippen LogP contribution in [-0.2, 0) is 20.9 Å². The Kier molecular flexibility index (Phi) is 10.2. The number of rotatable bonds is 13. The van der Waals surface area contributed by atoms with Gasteiger partial charge < -0.3 is 28.9 Å². The second-order valence-electron chi connectivity index (χ2n) is 13.3. The standard InChI is InChI=1S/C34H48N4O7/c1-6-25-30(27(13-9-10-14-39)38(36-25)26-12-8-7-11-22(26)4)31(40)37(18-21(2)3)29-16-34(29)15-24(17-35-20-34)32(41)43-19-28-23(5)44-33(42)45-28/h7-8,11-12,21,24-25,29,35-36,39H,6,9-10,13-20H2,1-5H3/t24-,25?,29?,34?/m1/s1. The molecule has 0 radical (unpaired) electrons. The largest absolute Gasteiger partial charge is 0.519 e. The summed E-state index contributed by atoms with van der Waals surface area (Å²) in [6, 6.07) is 8.04. The number of nitrogens with one attached hydrogen (secondary N) is 2. The average molecular weight is 625 g/mol. The third kappa shape index (κ3) is 7.05. The van der Waals surface area contributed by atoms with E-state index in [0.717, 1.165) is 48.3 Å².